The number of piperidine rings is 1. The summed E-state index contributed by atoms with van der Waals surface area (Å²) in [6.07, 6.45) is 2.29. The second-order valence-corrected chi connectivity index (χ2v) is 15.0. The first-order chi connectivity index (χ1) is 18.4. The van der Waals surface area contributed by atoms with Gasteiger partial charge in [-0.3, -0.25) is 9.69 Å². The Morgan fingerprint density at radius 1 is 1.00 bits per heavy atom. The molecule has 4 rings (SSSR count). The monoisotopic (exact) mass is 586 g/mol. The molecular formula is C26H42N4O7S2. The molecule has 0 bridgehead atoms. The van der Waals surface area contributed by atoms with Crippen molar-refractivity contribution < 1.29 is 31.1 Å². The molecule has 0 saturated carbocycles. The van der Waals surface area contributed by atoms with Gasteiger partial charge in [0.25, 0.3) is 0 Å². The molecule has 0 spiro atoms. The van der Waals surface area contributed by atoms with Crippen LogP contribution < -0.4 is 4.74 Å². The van der Waals surface area contributed by atoms with Gasteiger partial charge in [0, 0.05) is 38.8 Å². The molecule has 39 heavy (non-hydrogen) atoms. The molecule has 13 heteroatoms. The Balaban J connectivity index is 1.36. The largest absolute Gasteiger partial charge is 0.497 e. The highest BCUT2D eigenvalue weighted by molar-refractivity contribution is 7.92. The maximum absolute atomic E-state index is 13.7. The number of methoxy groups -OCH3 is 1. The number of ether oxygens (including phenoxy) is 2. The van der Waals surface area contributed by atoms with Gasteiger partial charge in [-0.1, -0.05) is 0 Å². The highest BCUT2D eigenvalue weighted by atomic mass is 32.2. The maximum atomic E-state index is 13.7. The topological polar surface area (TPSA) is 117 Å². The lowest BCUT2D eigenvalue weighted by Gasteiger charge is -2.42. The molecule has 11 nitrogen and oxygen atoms in total. The fraction of sp³-hybridized carbons (Fsp3) is 0.731. The van der Waals surface area contributed by atoms with E-state index in [0.717, 1.165) is 39.0 Å². The third kappa shape index (κ3) is 7.12. The zero-order valence-corrected chi connectivity index (χ0v) is 25.1. The first kappa shape index (κ1) is 30.2. The van der Waals surface area contributed by atoms with Crippen molar-refractivity contribution in [2.75, 3.05) is 84.7 Å². The molecule has 3 saturated heterocycles. The summed E-state index contributed by atoms with van der Waals surface area (Å²) >= 11 is 0. The van der Waals surface area contributed by atoms with Crippen LogP contribution in [0.15, 0.2) is 17.0 Å². The number of carbonyl (C=O) groups excluding carboxylic acids is 1. The average Bonchev–Trinajstić information content (AvgIpc) is 2.88. The smallest absolute Gasteiger partial charge is 0.248 e. The van der Waals surface area contributed by atoms with E-state index < -0.39 is 25.9 Å². The van der Waals surface area contributed by atoms with Gasteiger partial charge in [0.15, 0.2) is 9.84 Å². The number of sulfonamides is 1. The summed E-state index contributed by atoms with van der Waals surface area (Å²) in [7, 11) is -3.79. The molecule has 1 aromatic rings. The lowest BCUT2D eigenvalue weighted by molar-refractivity contribution is -0.138. The number of benzene rings is 1. The highest BCUT2D eigenvalue weighted by Crippen LogP contribution is 2.30. The predicted octanol–water partition coefficient (Wildman–Crippen LogP) is 0.355. The zero-order valence-electron chi connectivity index (χ0n) is 23.5. The normalized spacial score (nSPS) is 24.1. The van der Waals surface area contributed by atoms with Crippen LogP contribution in [-0.4, -0.2) is 139 Å². The predicted molar refractivity (Wildman–Crippen MR) is 148 cm³/mol. The van der Waals surface area contributed by atoms with E-state index in [1.54, 1.807) is 30.9 Å². The van der Waals surface area contributed by atoms with Gasteiger partial charge in [-0.2, -0.15) is 4.31 Å². The molecule has 0 aliphatic carbocycles. The fourth-order valence-electron chi connectivity index (χ4n) is 5.94. The summed E-state index contributed by atoms with van der Waals surface area (Å²) in [5.41, 5.74) is 1.05. The van der Waals surface area contributed by atoms with Gasteiger partial charge in [0.2, 0.25) is 15.9 Å². The maximum Gasteiger partial charge on any atom is 0.248 e. The van der Waals surface area contributed by atoms with Crippen molar-refractivity contribution in [3.8, 4) is 5.75 Å². The van der Waals surface area contributed by atoms with E-state index in [4.69, 9.17) is 9.47 Å². The van der Waals surface area contributed by atoms with Crippen molar-refractivity contribution in [1.29, 1.82) is 0 Å². The lowest BCUT2D eigenvalue weighted by Crippen LogP contribution is -2.55. The first-order valence-electron chi connectivity index (χ1n) is 13.6. The van der Waals surface area contributed by atoms with Crippen LogP contribution in [0.2, 0.25) is 0 Å². The van der Waals surface area contributed by atoms with Gasteiger partial charge >= 0.3 is 0 Å². The first-order valence-corrected chi connectivity index (χ1v) is 16.8. The van der Waals surface area contributed by atoms with E-state index in [9.17, 15) is 21.6 Å². The van der Waals surface area contributed by atoms with Gasteiger partial charge in [-0.25, -0.2) is 16.8 Å². The van der Waals surface area contributed by atoms with Crippen LogP contribution in [0.4, 0.5) is 0 Å². The number of amides is 1. The Bertz CT molecular complexity index is 1220. The number of carbonyl (C=O) groups is 1. The van der Waals surface area contributed by atoms with E-state index in [2.05, 4.69) is 16.8 Å². The average molecular weight is 587 g/mol. The number of aryl methyl sites for hydroxylation is 2. The number of hydrogen-bond donors (Lipinski definition) is 0. The summed E-state index contributed by atoms with van der Waals surface area (Å²) in [4.78, 5) is 19.6. The summed E-state index contributed by atoms with van der Waals surface area (Å²) in [5, 5.41) is 0. The minimum absolute atomic E-state index is 0.145. The van der Waals surface area contributed by atoms with Crippen molar-refractivity contribution in [2.45, 2.75) is 43.7 Å². The Hall–Kier alpha value is -1.77. The standard InChI is InChI=1S/C26H42N4O7S2/c1-20-15-24(36-4)16-21(2)26(20)39(34,35)30-13-14-38(32,33)19-23(30)17-37-18-25(31)29-11-9-28(10-12-29)22-5-7-27(3)8-6-22/h15-16,22-23H,5-14,17-19H2,1-4H3. The Morgan fingerprint density at radius 2 is 1.62 bits per heavy atom. The molecular weight excluding hydrogens is 544 g/mol. The summed E-state index contributed by atoms with van der Waals surface area (Å²) < 4.78 is 64.5. The molecule has 220 valence electrons. The number of nitrogens with zero attached hydrogens (tertiary/aromatic N) is 4. The molecule has 3 aliphatic rings. The van der Waals surface area contributed by atoms with Crippen molar-refractivity contribution >= 4 is 25.8 Å². The Kier molecular flexibility index (Phi) is 9.60. The second-order valence-electron chi connectivity index (χ2n) is 10.9. The van der Waals surface area contributed by atoms with Crippen LogP contribution in [0, 0.1) is 13.8 Å². The molecule has 0 aromatic heterocycles. The third-order valence-corrected chi connectivity index (χ3v) is 12.1. The van der Waals surface area contributed by atoms with Gasteiger partial charge < -0.3 is 19.3 Å². The number of hydrogen-bond acceptors (Lipinski definition) is 9. The van der Waals surface area contributed by atoms with Gasteiger partial charge in [-0.15, -0.1) is 0 Å². The van der Waals surface area contributed by atoms with Gasteiger partial charge in [0.1, 0.15) is 12.4 Å². The van der Waals surface area contributed by atoms with E-state index in [-0.39, 0.29) is 42.1 Å². The van der Waals surface area contributed by atoms with Crippen molar-refractivity contribution in [3.05, 3.63) is 23.3 Å². The van der Waals surface area contributed by atoms with E-state index in [1.807, 2.05) is 0 Å². The molecule has 0 radical (unpaired) electrons. The number of piperazine rings is 1. The number of rotatable bonds is 8. The quantitative estimate of drug-likeness (QED) is 0.426. The van der Waals surface area contributed by atoms with Gasteiger partial charge in [0.05, 0.1) is 36.2 Å². The summed E-state index contributed by atoms with van der Waals surface area (Å²) in [6.45, 7) is 7.95. The van der Waals surface area contributed by atoms with Crippen molar-refractivity contribution in [3.63, 3.8) is 0 Å². The van der Waals surface area contributed by atoms with Crippen molar-refractivity contribution in [2.24, 2.45) is 0 Å². The Labute approximate surface area is 233 Å². The van der Waals surface area contributed by atoms with Crippen molar-refractivity contribution in [1.82, 2.24) is 19.0 Å². The number of sulfone groups is 1. The summed E-state index contributed by atoms with van der Waals surface area (Å²) in [5.74, 6) is -0.204. The highest BCUT2D eigenvalue weighted by Gasteiger charge is 2.40. The molecule has 1 atom stereocenters. The van der Waals surface area contributed by atoms with E-state index >= 15 is 0 Å². The molecule has 1 aromatic carbocycles. The molecule has 3 aliphatic heterocycles. The summed E-state index contributed by atoms with van der Waals surface area (Å²) in [6, 6.07) is 2.95. The van der Waals surface area contributed by atoms with Crippen LogP contribution in [0.25, 0.3) is 0 Å². The number of likely N-dealkylation sites (tertiary alicyclic amines) is 1. The molecule has 1 amide bonds. The molecule has 0 N–H and O–H groups in total. The van der Waals surface area contributed by atoms with E-state index in [0.29, 0.717) is 36.0 Å². The zero-order chi connectivity index (χ0) is 28.4. The third-order valence-electron chi connectivity index (χ3n) is 8.12. The van der Waals surface area contributed by atoms with Crippen LogP contribution in [-0.2, 0) is 29.4 Å². The van der Waals surface area contributed by atoms with E-state index in [1.165, 1.54) is 11.4 Å². The Morgan fingerprint density at radius 3 is 2.21 bits per heavy atom. The SMILES string of the molecule is COc1cc(C)c(S(=O)(=O)N2CCS(=O)(=O)CC2COCC(=O)N2CCN(C3CCN(C)CC3)CC2)c(C)c1. The molecule has 3 heterocycles. The van der Waals surface area contributed by atoms with Crippen LogP contribution in [0.1, 0.15) is 24.0 Å². The van der Waals surface area contributed by atoms with Crippen LogP contribution >= 0.6 is 0 Å². The van der Waals surface area contributed by atoms with Crippen LogP contribution in [0.3, 0.4) is 0 Å². The fourth-order valence-corrected chi connectivity index (χ4v) is 9.68. The lowest BCUT2D eigenvalue weighted by atomic mass is 10.0. The minimum atomic E-state index is -4.01. The molecule has 3 fully saturated rings. The minimum Gasteiger partial charge on any atom is -0.497 e. The molecule has 1 unspecified atom stereocenters. The van der Waals surface area contributed by atoms with Gasteiger partial charge in [-0.05, 0) is 70.1 Å². The van der Waals surface area contributed by atoms with Crippen LogP contribution in [0.5, 0.6) is 5.75 Å². The second kappa shape index (κ2) is 12.4.